The normalized spacial score (nSPS) is 12.0. The second-order valence-electron chi connectivity index (χ2n) is 9.14. The van der Waals surface area contributed by atoms with Gasteiger partial charge in [0.25, 0.3) is 0 Å². The number of nitrogens with zero attached hydrogens (tertiary/aromatic N) is 1. The van der Waals surface area contributed by atoms with Gasteiger partial charge in [-0.15, -0.1) is 0 Å². The van der Waals surface area contributed by atoms with Crippen molar-refractivity contribution in [1.29, 1.82) is 0 Å². The summed E-state index contributed by atoms with van der Waals surface area (Å²) in [6.07, 6.45) is 1.95. The lowest BCUT2D eigenvalue weighted by molar-refractivity contribution is 0.585. The Morgan fingerprint density at radius 3 is 2.32 bits per heavy atom. The lowest BCUT2D eigenvalue weighted by Crippen LogP contribution is -2.13. The van der Waals surface area contributed by atoms with E-state index in [1.165, 1.54) is 23.3 Å². The Bertz CT molecular complexity index is 1420. The highest BCUT2D eigenvalue weighted by molar-refractivity contribution is 6.10. The van der Waals surface area contributed by atoms with Crippen molar-refractivity contribution in [2.24, 2.45) is 0 Å². The first-order valence-corrected chi connectivity index (χ1v) is 10.5. The number of aryl methyl sites for hydroxylation is 1. The zero-order valence-corrected chi connectivity index (χ0v) is 18.2. The van der Waals surface area contributed by atoms with Gasteiger partial charge in [0.15, 0.2) is 0 Å². The summed E-state index contributed by atoms with van der Waals surface area (Å²) >= 11 is 0. The highest BCUT2D eigenvalue weighted by atomic mass is 19.1. The Balaban J connectivity index is 1.69. The second-order valence-corrected chi connectivity index (χ2v) is 9.14. The zero-order chi connectivity index (χ0) is 21.8. The molecular weight excluding hydrogens is 385 g/mol. The van der Waals surface area contributed by atoms with Gasteiger partial charge in [-0.1, -0.05) is 51.1 Å². The van der Waals surface area contributed by atoms with E-state index in [9.17, 15) is 4.39 Å². The minimum atomic E-state index is -0.238. The van der Waals surface area contributed by atoms with Gasteiger partial charge >= 0.3 is 0 Å². The van der Waals surface area contributed by atoms with Crippen molar-refractivity contribution < 1.29 is 8.81 Å². The SMILES string of the molecule is Cc1cnc(-c2cccc3c2oc2cc(-c4ccc(F)cc4)ccc23)cc1C(C)(C)C. The molecule has 2 aromatic heterocycles. The van der Waals surface area contributed by atoms with Gasteiger partial charge in [-0.05, 0) is 71.0 Å². The van der Waals surface area contributed by atoms with Crippen molar-refractivity contribution in [3.63, 3.8) is 0 Å². The molecule has 5 rings (SSSR count). The molecule has 154 valence electrons. The van der Waals surface area contributed by atoms with Gasteiger partial charge in [0, 0.05) is 22.5 Å². The molecule has 0 saturated heterocycles. The van der Waals surface area contributed by atoms with Crippen molar-refractivity contribution in [3.05, 3.63) is 89.9 Å². The largest absolute Gasteiger partial charge is 0.455 e. The highest BCUT2D eigenvalue weighted by Crippen LogP contribution is 2.38. The average molecular weight is 410 g/mol. The fraction of sp³-hybridized carbons (Fsp3) is 0.179. The van der Waals surface area contributed by atoms with E-state index in [0.717, 1.165) is 44.3 Å². The first-order chi connectivity index (χ1) is 14.8. The van der Waals surface area contributed by atoms with Crippen molar-refractivity contribution in [2.75, 3.05) is 0 Å². The molecule has 2 heterocycles. The van der Waals surface area contributed by atoms with Crippen LogP contribution in [-0.4, -0.2) is 4.98 Å². The maximum Gasteiger partial charge on any atom is 0.144 e. The van der Waals surface area contributed by atoms with Crippen LogP contribution in [0.3, 0.4) is 0 Å². The summed E-state index contributed by atoms with van der Waals surface area (Å²) in [4.78, 5) is 4.72. The van der Waals surface area contributed by atoms with Crippen molar-refractivity contribution in [1.82, 2.24) is 4.98 Å². The third-order valence-corrected chi connectivity index (χ3v) is 5.86. The third kappa shape index (κ3) is 3.40. The van der Waals surface area contributed by atoms with E-state index in [1.54, 1.807) is 12.1 Å². The molecule has 0 aliphatic carbocycles. The number of pyridine rings is 1. The van der Waals surface area contributed by atoms with Crippen LogP contribution in [0.2, 0.25) is 0 Å². The highest BCUT2D eigenvalue weighted by Gasteiger charge is 2.19. The Hall–Kier alpha value is -3.46. The summed E-state index contributed by atoms with van der Waals surface area (Å²) < 4.78 is 19.7. The average Bonchev–Trinajstić information content (AvgIpc) is 3.12. The number of hydrogen-bond acceptors (Lipinski definition) is 2. The predicted molar refractivity (Wildman–Crippen MR) is 126 cm³/mol. The molecule has 0 fully saturated rings. The van der Waals surface area contributed by atoms with Crippen LogP contribution in [-0.2, 0) is 5.41 Å². The number of benzene rings is 3. The number of hydrogen-bond donors (Lipinski definition) is 0. The maximum absolute atomic E-state index is 13.3. The Morgan fingerprint density at radius 1 is 0.839 bits per heavy atom. The molecule has 0 N–H and O–H groups in total. The summed E-state index contributed by atoms with van der Waals surface area (Å²) in [6, 6.07) is 21.1. The van der Waals surface area contributed by atoms with E-state index in [0.29, 0.717) is 0 Å². The molecule has 0 aliphatic rings. The molecule has 0 saturated carbocycles. The van der Waals surface area contributed by atoms with Crippen molar-refractivity contribution >= 4 is 21.9 Å². The fourth-order valence-corrected chi connectivity index (χ4v) is 4.30. The summed E-state index contributed by atoms with van der Waals surface area (Å²) in [5.74, 6) is -0.238. The van der Waals surface area contributed by atoms with Crippen LogP contribution >= 0.6 is 0 Å². The minimum Gasteiger partial charge on any atom is -0.455 e. The van der Waals surface area contributed by atoms with E-state index in [-0.39, 0.29) is 11.2 Å². The van der Waals surface area contributed by atoms with E-state index in [2.05, 4.69) is 64.1 Å². The molecule has 0 spiro atoms. The van der Waals surface area contributed by atoms with Crippen LogP contribution in [0.4, 0.5) is 4.39 Å². The van der Waals surface area contributed by atoms with Crippen LogP contribution in [0.5, 0.6) is 0 Å². The smallest absolute Gasteiger partial charge is 0.144 e. The van der Waals surface area contributed by atoms with Crippen LogP contribution in [0.15, 0.2) is 77.3 Å². The number of aromatic nitrogens is 1. The van der Waals surface area contributed by atoms with Crippen LogP contribution in [0, 0.1) is 12.7 Å². The number of halogens is 1. The maximum atomic E-state index is 13.3. The van der Waals surface area contributed by atoms with Gasteiger partial charge in [-0.25, -0.2) is 4.39 Å². The Morgan fingerprint density at radius 2 is 1.58 bits per heavy atom. The third-order valence-electron chi connectivity index (χ3n) is 5.86. The molecule has 0 amide bonds. The summed E-state index contributed by atoms with van der Waals surface area (Å²) in [5.41, 5.74) is 8.02. The monoisotopic (exact) mass is 409 g/mol. The first kappa shape index (κ1) is 19.5. The van der Waals surface area contributed by atoms with Gasteiger partial charge in [0.05, 0.1) is 5.69 Å². The Kier molecular flexibility index (Phi) is 4.44. The molecule has 31 heavy (non-hydrogen) atoms. The van der Waals surface area contributed by atoms with Crippen LogP contribution < -0.4 is 0 Å². The lowest BCUT2D eigenvalue weighted by Gasteiger charge is -2.22. The van der Waals surface area contributed by atoms with Crippen molar-refractivity contribution in [2.45, 2.75) is 33.1 Å². The number of fused-ring (bicyclic) bond motifs is 3. The van der Waals surface area contributed by atoms with Crippen LogP contribution in [0.25, 0.3) is 44.3 Å². The number of furan rings is 1. The molecule has 0 unspecified atom stereocenters. The molecule has 0 atom stereocenters. The zero-order valence-electron chi connectivity index (χ0n) is 18.2. The summed E-state index contributed by atoms with van der Waals surface area (Å²) in [6.45, 7) is 8.77. The van der Waals surface area contributed by atoms with Gasteiger partial charge in [0.1, 0.15) is 17.0 Å². The summed E-state index contributed by atoms with van der Waals surface area (Å²) in [7, 11) is 0. The van der Waals surface area contributed by atoms with Crippen molar-refractivity contribution in [3.8, 4) is 22.4 Å². The lowest BCUT2D eigenvalue weighted by atomic mass is 9.84. The molecular formula is C28H24FNO. The fourth-order valence-electron chi connectivity index (χ4n) is 4.30. The van der Waals surface area contributed by atoms with E-state index in [1.807, 2.05) is 12.3 Å². The first-order valence-electron chi connectivity index (χ1n) is 10.5. The van der Waals surface area contributed by atoms with E-state index in [4.69, 9.17) is 9.40 Å². The topological polar surface area (TPSA) is 26.0 Å². The molecule has 5 aromatic rings. The molecule has 3 heteroatoms. The molecule has 0 radical (unpaired) electrons. The second kappa shape index (κ2) is 7.05. The molecule has 0 aliphatic heterocycles. The van der Waals surface area contributed by atoms with Gasteiger partial charge < -0.3 is 4.42 Å². The predicted octanol–water partition coefficient (Wildman–Crippen LogP) is 8.06. The molecule has 3 aromatic carbocycles. The van der Waals surface area contributed by atoms with E-state index < -0.39 is 0 Å². The molecule has 0 bridgehead atoms. The summed E-state index contributed by atoms with van der Waals surface area (Å²) in [5, 5.41) is 2.13. The number of rotatable bonds is 2. The minimum absolute atomic E-state index is 0.0353. The standard InChI is InChI=1S/C28H24FNO/c1-17-16-30-25(15-24(17)28(2,3)4)23-7-5-6-22-21-13-10-19(14-26(21)31-27(22)23)18-8-11-20(29)12-9-18/h5-16H,1-4H3. The van der Waals surface area contributed by atoms with E-state index >= 15 is 0 Å². The van der Waals surface area contributed by atoms with Crippen LogP contribution in [0.1, 0.15) is 31.9 Å². The Labute approximate surface area is 181 Å². The van der Waals surface area contributed by atoms with Gasteiger partial charge in [-0.2, -0.15) is 0 Å². The van der Waals surface area contributed by atoms with Gasteiger partial charge in [-0.3, -0.25) is 4.98 Å². The number of para-hydroxylation sites is 1. The molecule has 2 nitrogen and oxygen atoms in total. The van der Waals surface area contributed by atoms with Gasteiger partial charge in [0.2, 0.25) is 0 Å². The quantitative estimate of drug-likeness (QED) is 0.295.